The van der Waals surface area contributed by atoms with E-state index in [9.17, 15) is 5.26 Å². The van der Waals surface area contributed by atoms with Crippen LogP contribution in [0.15, 0.2) is 24.3 Å². The van der Waals surface area contributed by atoms with Gasteiger partial charge in [-0.1, -0.05) is 23.7 Å². The number of morpholine rings is 1. The molecule has 0 amide bonds. The maximum absolute atomic E-state index is 9.24. The van der Waals surface area contributed by atoms with Crippen molar-refractivity contribution in [3.8, 4) is 6.07 Å². The molecule has 0 saturated carbocycles. The molecule has 1 aliphatic heterocycles. The molecule has 1 aromatic carbocycles. The molecule has 0 spiro atoms. The lowest BCUT2D eigenvalue weighted by molar-refractivity contribution is 0.0370. The third-order valence-corrected chi connectivity index (χ3v) is 3.22. The summed E-state index contributed by atoms with van der Waals surface area (Å²) in [5.41, 5.74) is 1.03. The number of halogens is 1. The summed E-state index contributed by atoms with van der Waals surface area (Å²) in [5.74, 6) is -0.0923. The Labute approximate surface area is 107 Å². The van der Waals surface area contributed by atoms with Gasteiger partial charge in [0.15, 0.2) is 0 Å². The Bertz CT molecular complexity index is 393. The minimum atomic E-state index is -0.0923. The van der Waals surface area contributed by atoms with E-state index in [2.05, 4.69) is 11.0 Å². The standard InChI is InChI=1S/C13H15ClN2O/c14-13-3-1-11(2-4-13)12(9-15)10-16-5-7-17-8-6-16/h1-4,12H,5-8,10H2. The summed E-state index contributed by atoms with van der Waals surface area (Å²) in [6.07, 6.45) is 0. The number of ether oxygens (including phenoxy) is 1. The van der Waals surface area contributed by atoms with Crippen LogP contribution in [-0.4, -0.2) is 37.7 Å². The third-order valence-electron chi connectivity index (χ3n) is 2.97. The summed E-state index contributed by atoms with van der Waals surface area (Å²) >= 11 is 5.84. The minimum absolute atomic E-state index is 0.0923. The van der Waals surface area contributed by atoms with Crippen LogP contribution in [0, 0.1) is 11.3 Å². The van der Waals surface area contributed by atoms with Crippen molar-refractivity contribution in [1.82, 2.24) is 4.90 Å². The SMILES string of the molecule is N#CC(CN1CCOCC1)c1ccc(Cl)cc1. The first-order chi connectivity index (χ1) is 8.29. The van der Waals surface area contributed by atoms with Crippen molar-refractivity contribution in [2.75, 3.05) is 32.8 Å². The normalized spacial score (nSPS) is 18.6. The molecule has 3 nitrogen and oxygen atoms in total. The largest absolute Gasteiger partial charge is 0.379 e. The molecule has 1 fully saturated rings. The van der Waals surface area contributed by atoms with E-state index in [-0.39, 0.29) is 5.92 Å². The smallest absolute Gasteiger partial charge is 0.0839 e. The van der Waals surface area contributed by atoms with Crippen molar-refractivity contribution in [3.05, 3.63) is 34.9 Å². The molecule has 1 aromatic rings. The lowest BCUT2D eigenvalue weighted by Crippen LogP contribution is -2.38. The predicted molar refractivity (Wildman–Crippen MR) is 67.1 cm³/mol. The Morgan fingerprint density at radius 3 is 2.53 bits per heavy atom. The van der Waals surface area contributed by atoms with Crippen molar-refractivity contribution in [3.63, 3.8) is 0 Å². The monoisotopic (exact) mass is 250 g/mol. The number of benzene rings is 1. The second-order valence-electron chi connectivity index (χ2n) is 4.15. The fourth-order valence-corrected chi connectivity index (χ4v) is 2.08. The van der Waals surface area contributed by atoms with Crippen LogP contribution >= 0.6 is 11.6 Å². The van der Waals surface area contributed by atoms with E-state index in [1.807, 2.05) is 24.3 Å². The van der Waals surface area contributed by atoms with Gasteiger partial charge in [0.1, 0.15) is 0 Å². The molecule has 0 aromatic heterocycles. The molecule has 2 rings (SSSR count). The molecular formula is C13H15ClN2O. The number of hydrogen-bond donors (Lipinski definition) is 0. The summed E-state index contributed by atoms with van der Waals surface area (Å²) in [6.45, 7) is 4.11. The van der Waals surface area contributed by atoms with Gasteiger partial charge in [0, 0.05) is 24.7 Å². The molecule has 1 aliphatic rings. The van der Waals surface area contributed by atoms with Crippen molar-refractivity contribution in [2.24, 2.45) is 0 Å². The molecule has 0 bridgehead atoms. The van der Waals surface area contributed by atoms with Gasteiger partial charge in [-0.05, 0) is 17.7 Å². The van der Waals surface area contributed by atoms with Gasteiger partial charge in [0.2, 0.25) is 0 Å². The predicted octanol–water partition coefficient (Wildman–Crippen LogP) is 2.28. The summed E-state index contributed by atoms with van der Waals surface area (Å²) in [7, 11) is 0. The lowest BCUT2D eigenvalue weighted by Gasteiger charge is -2.28. The molecule has 0 N–H and O–H groups in total. The first-order valence-corrected chi connectivity index (χ1v) is 6.12. The average molecular weight is 251 g/mol. The van der Waals surface area contributed by atoms with Crippen molar-refractivity contribution in [1.29, 1.82) is 5.26 Å². The third kappa shape index (κ3) is 3.44. The molecule has 0 aliphatic carbocycles. The second kappa shape index (κ2) is 6.02. The highest BCUT2D eigenvalue weighted by molar-refractivity contribution is 6.30. The van der Waals surface area contributed by atoms with E-state index >= 15 is 0 Å². The van der Waals surface area contributed by atoms with Crippen LogP contribution in [0.25, 0.3) is 0 Å². The Balaban J connectivity index is 2.01. The first kappa shape index (κ1) is 12.4. The first-order valence-electron chi connectivity index (χ1n) is 5.75. The molecule has 4 heteroatoms. The maximum atomic E-state index is 9.24. The van der Waals surface area contributed by atoms with Crippen LogP contribution in [0.2, 0.25) is 5.02 Å². The zero-order valence-corrected chi connectivity index (χ0v) is 10.4. The van der Waals surface area contributed by atoms with Crippen molar-refractivity contribution < 1.29 is 4.74 Å². The van der Waals surface area contributed by atoms with Gasteiger partial charge >= 0.3 is 0 Å². The van der Waals surface area contributed by atoms with Crippen LogP contribution in [0.1, 0.15) is 11.5 Å². The topological polar surface area (TPSA) is 36.3 Å². The summed E-state index contributed by atoms with van der Waals surface area (Å²) in [6, 6.07) is 9.88. The number of nitriles is 1. The van der Waals surface area contributed by atoms with E-state index in [1.165, 1.54) is 0 Å². The lowest BCUT2D eigenvalue weighted by atomic mass is 10.00. The van der Waals surface area contributed by atoms with Gasteiger partial charge in [-0.25, -0.2) is 0 Å². The highest BCUT2D eigenvalue weighted by Gasteiger charge is 2.17. The molecular weight excluding hydrogens is 236 g/mol. The van der Waals surface area contributed by atoms with Crippen LogP contribution < -0.4 is 0 Å². The van der Waals surface area contributed by atoms with Gasteiger partial charge in [-0.2, -0.15) is 5.26 Å². The van der Waals surface area contributed by atoms with Crippen LogP contribution in [0.5, 0.6) is 0 Å². The highest BCUT2D eigenvalue weighted by atomic mass is 35.5. The van der Waals surface area contributed by atoms with Gasteiger partial charge in [0.05, 0.1) is 25.2 Å². The van der Waals surface area contributed by atoms with Gasteiger partial charge in [-0.3, -0.25) is 4.90 Å². The van der Waals surface area contributed by atoms with Gasteiger partial charge in [0.25, 0.3) is 0 Å². The number of hydrogen-bond acceptors (Lipinski definition) is 3. The Hall–Kier alpha value is -1.08. The summed E-state index contributed by atoms with van der Waals surface area (Å²) < 4.78 is 5.29. The molecule has 90 valence electrons. The number of rotatable bonds is 3. The van der Waals surface area contributed by atoms with Crippen molar-refractivity contribution in [2.45, 2.75) is 5.92 Å². The fraction of sp³-hybridized carbons (Fsp3) is 0.462. The molecule has 17 heavy (non-hydrogen) atoms. The zero-order chi connectivity index (χ0) is 12.1. The van der Waals surface area contributed by atoms with Crippen molar-refractivity contribution >= 4 is 11.6 Å². The van der Waals surface area contributed by atoms with Gasteiger partial charge in [-0.15, -0.1) is 0 Å². The average Bonchev–Trinajstić information content (AvgIpc) is 2.38. The maximum Gasteiger partial charge on any atom is 0.0839 e. The molecule has 1 heterocycles. The van der Waals surface area contributed by atoms with E-state index in [1.54, 1.807) is 0 Å². The summed E-state index contributed by atoms with van der Waals surface area (Å²) in [4.78, 5) is 2.27. The summed E-state index contributed by atoms with van der Waals surface area (Å²) in [5, 5.41) is 9.94. The van der Waals surface area contributed by atoms with Gasteiger partial charge < -0.3 is 4.74 Å². The fourth-order valence-electron chi connectivity index (χ4n) is 1.96. The van der Waals surface area contributed by atoms with E-state index in [0.717, 1.165) is 38.4 Å². The minimum Gasteiger partial charge on any atom is -0.379 e. The number of nitrogens with zero attached hydrogens (tertiary/aromatic N) is 2. The quantitative estimate of drug-likeness (QED) is 0.826. The molecule has 1 saturated heterocycles. The Morgan fingerprint density at radius 1 is 1.29 bits per heavy atom. The highest BCUT2D eigenvalue weighted by Crippen LogP contribution is 2.19. The molecule has 1 unspecified atom stereocenters. The Kier molecular flexibility index (Phi) is 4.38. The van der Waals surface area contributed by atoms with E-state index < -0.39 is 0 Å². The zero-order valence-electron chi connectivity index (χ0n) is 9.60. The van der Waals surface area contributed by atoms with E-state index in [4.69, 9.17) is 16.3 Å². The van der Waals surface area contributed by atoms with E-state index in [0.29, 0.717) is 5.02 Å². The van der Waals surface area contributed by atoms with Crippen LogP contribution in [0.4, 0.5) is 0 Å². The Morgan fingerprint density at radius 2 is 1.94 bits per heavy atom. The van der Waals surface area contributed by atoms with Crippen LogP contribution in [-0.2, 0) is 4.74 Å². The molecule has 0 radical (unpaired) electrons. The second-order valence-corrected chi connectivity index (χ2v) is 4.58. The van der Waals surface area contributed by atoms with Crippen LogP contribution in [0.3, 0.4) is 0 Å². The molecule has 1 atom stereocenters.